The van der Waals surface area contributed by atoms with Crippen LogP contribution in [0.15, 0.2) is 12.7 Å². The van der Waals surface area contributed by atoms with Crippen LogP contribution in [0, 0.1) is 0 Å². The number of hydrogen-bond donors (Lipinski definition) is 1. The summed E-state index contributed by atoms with van der Waals surface area (Å²) in [6, 6.07) is 0. The topological polar surface area (TPSA) is 107 Å². The normalized spacial score (nSPS) is 27.8. The fourth-order valence-corrected chi connectivity index (χ4v) is 2.93. The molecule has 2 N–H and O–H groups in total. The highest BCUT2D eigenvalue weighted by Gasteiger charge is 2.47. The Labute approximate surface area is 133 Å². The summed E-state index contributed by atoms with van der Waals surface area (Å²) in [5.74, 6) is 0.329. The summed E-state index contributed by atoms with van der Waals surface area (Å²) in [6.45, 7) is 2.90. The van der Waals surface area contributed by atoms with E-state index < -0.39 is 6.23 Å². The van der Waals surface area contributed by atoms with Crippen LogP contribution < -0.4 is 5.73 Å². The standard InChI is InChI=1S/C14H21N5O4/c1-4-22-10-8(5-20-2)23-14(11(10)21-3)19-7-18-9-12(15)16-6-17-13(9)19/h6-8,10-11,14H,4-5H2,1-3H3,(H2,15,16,17)/t8-,10?,11+,14-/m1/s1. The Bertz CT molecular complexity index is 664. The molecule has 9 nitrogen and oxygen atoms in total. The Morgan fingerprint density at radius 1 is 1.26 bits per heavy atom. The lowest BCUT2D eigenvalue weighted by Crippen LogP contribution is -2.37. The van der Waals surface area contributed by atoms with Crippen molar-refractivity contribution in [2.75, 3.05) is 33.2 Å². The molecule has 1 aliphatic heterocycles. The molecule has 126 valence electrons. The molecule has 0 bridgehead atoms. The summed E-state index contributed by atoms with van der Waals surface area (Å²) in [5.41, 5.74) is 6.97. The number of methoxy groups -OCH3 is 2. The van der Waals surface area contributed by atoms with Crippen molar-refractivity contribution >= 4 is 17.0 Å². The summed E-state index contributed by atoms with van der Waals surface area (Å²) >= 11 is 0. The second kappa shape index (κ2) is 6.75. The summed E-state index contributed by atoms with van der Waals surface area (Å²) < 4.78 is 24.6. The van der Waals surface area contributed by atoms with Gasteiger partial charge in [0.1, 0.15) is 30.2 Å². The molecular weight excluding hydrogens is 302 g/mol. The molecule has 0 saturated carbocycles. The zero-order valence-electron chi connectivity index (χ0n) is 13.4. The molecule has 1 aliphatic rings. The Kier molecular flexibility index (Phi) is 4.71. The van der Waals surface area contributed by atoms with Crippen LogP contribution in [0.5, 0.6) is 0 Å². The zero-order valence-corrected chi connectivity index (χ0v) is 13.4. The number of anilines is 1. The summed E-state index contributed by atoms with van der Waals surface area (Å²) in [4.78, 5) is 12.5. The third-order valence-corrected chi connectivity index (χ3v) is 3.91. The van der Waals surface area contributed by atoms with Gasteiger partial charge in [0.2, 0.25) is 0 Å². The van der Waals surface area contributed by atoms with Crippen LogP contribution in [0.3, 0.4) is 0 Å². The highest BCUT2D eigenvalue weighted by atomic mass is 16.6. The van der Waals surface area contributed by atoms with Crippen molar-refractivity contribution in [2.45, 2.75) is 31.5 Å². The van der Waals surface area contributed by atoms with Gasteiger partial charge < -0.3 is 24.7 Å². The molecule has 0 radical (unpaired) electrons. The predicted octanol–water partition coefficient (Wildman–Crippen LogP) is 0.372. The van der Waals surface area contributed by atoms with Crippen molar-refractivity contribution in [3.8, 4) is 0 Å². The maximum absolute atomic E-state index is 6.11. The van der Waals surface area contributed by atoms with Gasteiger partial charge in [-0.2, -0.15) is 0 Å². The van der Waals surface area contributed by atoms with E-state index in [1.165, 1.54) is 6.33 Å². The molecule has 3 rings (SSSR count). The number of aromatic nitrogens is 4. The van der Waals surface area contributed by atoms with E-state index in [9.17, 15) is 0 Å². The third kappa shape index (κ3) is 2.76. The number of rotatable bonds is 6. The van der Waals surface area contributed by atoms with Crippen LogP contribution >= 0.6 is 0 Å². The fourth-order valence-electron chi connectivity index (χ4n) is 2.93. The van der Waals surface area contributed by atoms with Gasteiger partial charge in [-0.1, -0.05) is 0 Å². The first-order valence-corrected chi connectivity index (χ1v) is 7.43. The van der Waals surface area contributed by atoms with Crippen molar-refractivity contribution < 1.29 is 18.9 Å². The summed E-state index contributed by atoms with van der Waals surface area (Å²) in [5, 5.41) is 0. The molecule has 1 fully saturated rings. The van der Waals surface area contributed by atoms with E-state index >= 15 is 0 Å². The van der Waals surface area contributed by atoms with Crippen LogP contribution in [-0.4, -0.2) is 65.3 Å². The predicted molar refractivity (Wildman–Crippen MR) is 81.7 cm³/mol. The zero-order chi connectivity index (χ0) is 16.4. The van der Waals surface area contributed by atoms with Gasteiger partial charge in [-0.15, -0.1) is 0 Å². The van der Waals surface area contributed by atoms with Crippen molar-refractivity contribution in [3.05, 3.63) is 12.7 Å². The first-order chi connectivity index (χ1) is 11.2. The Morgan fingerprint density at radius 3 is 2.78 bits per heavy atom. The number of fused-ring (bicyclic) bond motifs is 1. The highest BCUT2D eigenvalue weighted by molar-refractivity contribution is 5.81. The molecule has 0 amide bonds. The largest absolute Gasteiger partial charge is 0.382 e. The lowest BCUT2D eigenvalue weighted by Gasteiger charge is -2.23. The minimum Gasteiger partial charge on any atom is -0.382 e. The molecule has 4 atom stereocenters. The molecule has 1 unspecified atom stereocenters. The molecule has 2 aromatic rings. The molecular formula is C14H21N5O4. The monoisotopic (exact) mass is 323 g/mol. The maximum atomic E-state index is 6.11. The number of nitrogens with zero attached hydrogens (tertiary/aromatic N) is 4. The molecule has 3 heterocycles. The van der Waals surface area contributed by atoms with Crippen LogP contribution in [0.1, 0.15) is 13.2 Å². The van der Waals surface area contributed by atoms with Gasteiger partial charge in [0, 0.05) is 20.8 Å². The van der Waals surface area contributed by atoms with Crippen molar-refractivity contribution in [3.63, 3.8) is 0 Å². The van der Waals surface area contributed by atoms with E-state index in [0.717, 1.165) is 0 Å². The Balaban J connectivity index is 1.98. The van der Waals surface area contributed by atoms with Gasteiger partial charge in [-0.05, 0) is 6.92 Å². The van der Waals surface area contributed by atoms with E-state index in [1.54, 1.807) is 25.1 Å². The van der Waals surface area contributed by atoms with Crippen LogP contribution in [0.4, 0.5) is 5.82 Å². The van der Waals surface area contributed by atoms with E-state index in [4.69, 9.17) is 24.7 Å². The van der Waals surface area contributed by atoms with Crippen LogP contribution in [0.25, 0.3) is 11.2 Å². The minimum atomic E-state index is -0.434. The van der Waals surface area contributed by atoms with Gasteiger partial charge in [0.25, 0.3) is 0 Å². The van der Waals surface area contributed by atoms with Crippen LogP contribution in [0.2, 0.25) is 0 Å². The second-order valence-electron chi connectivity index (χ2n) is 5.22. The molecule has 2 aromatic heterocycles. The SMILES string of the molecule is CCOC1[C@@H](COC)O[C@@H](n2cnc3c(N)ncnc32)[C@H]1OC. The number of hydrogen-bond acceptors (Lipinski definition) is 8. The number of nitrogens with two attached hydrogens (primary N) is 1. The number of nitrogen functional groups attached to an aromatic ring is 1. The highest BCUT2D eigenvalue weighted by Crippen LogP contribution is 2.35. The van der Waals surface area contributed by atoms with Crippen molar-refractivity contribution in [2.24, 2.45) is 0 Å². The molecule has 9 heteroatoms. The molecule has 0 aromatic carbocycles. The number of imidazole rings is 1. The fraction of sp³-hybridized carbons (Fsp3) is 0.643. The van der Waals surface area contributed by atoms with Crippen molar-refractivity contribution in [1.82, 2.24) is 19.5 Å². The molecule has 0 aliphatic carbocycles. The molecule has 0 spiro atoms. The van der Waals surface area contributed by atoms with E-state index in [0.29, 0.717) is 30.2 Å². The first kappa shape index (κ1) is 16.1. The van der Waals surface area contributed by atoms with Gasteiger partial charge >= 0.3 is 0 Å². The summed E-state index contributed by atoms with van der Waals surface area (Å²) in [6.07, 6.45) is 1.79. The average molecular weight is 323 g/mol. The van der Waals surface area contributed by atoms with E-state index in [2.05, 4.69) is 15.0 Å². The van der Waals surface area contributed by atoms with E-state index in [1.807, 2.05) is 6.92 Å². The Hall–Kier alpha value is -1.81. The smallest absolute Gasteiger partial charge is 0.167 e. The maximum Gasteiger partial charge on any atom is 0.167 e. The lowest BCUT2D eigenvalue weighted by molar-refractivity contribution is -0.0664. The van der Waals surface area contributed by atoms with Gasteiger partial charge in [0.05, 0.1) is 12.9 Å². The summed E-state index contributed by atoms with van der Waals surface area (Å²) in [7, 11) is 3.26. The lowest BCUT2D eigenvalue weighted by atomic mass is 10.1. The van der Waals surface area contributed by atoms with Crippen LogP contribution in [-0.2, 0) is 18.9 Å². The van der Waals surface area contributed by atoms with Gasteiger partial charge in [-0.25, -0.2) is 15.0 Å². The van der Waals surface area contributed by atoms with Gasteiger partial charge in [-0.3, -0.25) is 4.57 Å². The second-order valence-corrected chi connectivity index (χ2v) is 5.22. The average Bonchev–Trinajstić information content (AvgIpc) is 3.11. The molecule has 23 heavy (non-hydrogen) atoms. The number of ether oxygens (including phenoxy) is 4. The molecule has 1 saturated heterocycles. The van der Waals surface area contributed by atoms with Gasteiger partial charge in [0.15, 0.2) is 17.7 Å². The Morgan fingerprint density at radius 2 is 2.09 bits per heavy atom. The van der Waals surface area contributed by atoms with E-state index in [-0.39, 0.29) is 18.3 Å². The quantitative estimate of drug-likeness (QED) is 0.813. The third-order valence-electron chi connectivity index (χ3n) is 3.91. The minimum absolute atomic E-state index is 0.244. The first-order valence-electron chi connectivity index (χ1n) is 7.43. The van der Waals surface area contributed by atoms with Crippen molar-refractivity contribution in [1.29, 1.82) is 0 Å².